The first-order valence-electron chi connectivity index (χ1n) is 9.89. The van der Waals surface area contributed by atoms with E-state index in [4.69, 9.17) is 0 Å². The third-order valence-corrected chi connectivity index (χ3v) is 6.50. The van der Waals surface area contributed by atoms with Crippen LogP contribution in [0.15, 0.2) is 60.3 Å². The summed E-state index contributed by atoms with van der Waals surface area (Å²) >= 11 is 0. The van der Waals surface area contributed by atoms with Gasteiger partial charge in [0.1, 0.15) is 18.7 Å². The minimum absolute atomic E-state index is 0.211. The second kappa shape index (κ2) is 6.38. The quantitative estimate of drug-likeness (QED) is 0.581. The van der Waals surface area contributed by atoms with Gasteiger partial charge in [0.05, 0.1) is 5.41 Å². The topological polar surface area (TPSA) is 6.25 Å². The maximum absolute atomic E-state index is 13.8. The molecule has 0 saturated carbocycles. The zero-order chi connectivity index (χ0) is 21.1. The van der Waals surface area contributed by atoms with Crippen LogP contribution in [0.25, 0.3) is 0 Å². The molecule has 0 fully saturated rings. The first kappa shape index (κ1) is 19.6. The van der Waals surface area contributed by atoms with Gasteiger partial charge in [-0.05, 0) is 55.8 Å². The van der Waals surface area contributed by atoms with Crippen molar-refractivity contribution in [3.8, 4) is 0 Å². The van der Waals surface area contributed by atoms with Crippen LogP contribution >= 0.6 is 0 Å². The van der Waals surface area contributed by atoms with Gasteiger partial charge in [0.2, 0.25) is 5.69 Å². The van der Waals surface area contributed by atoms with E-state index in [0.29, 0.717) is 0 Å². The third-order valence-electron chi connectivity index (χ3n) is 6.50. The lowest BCUT2D eigenvalue weighted by molar-refractivity contribution is -0.401. The first-order valence-corrected chi connectivity index (χ1v) is 9.89. The van der Waals surface area contributed by atoms with Crippen LogP contribution in [-0.4, -0.2) is 24.4 Å². The number of allylic oxidation sites excluding steroid dienone is 4. The number of fused-ring (bicyclic) bond motifs is 2. The van der Waals surface area contributed by atoms with E-state index in [9.17, 15) is 8.78 Å². The summed E-state index contributed by atoms with van der Waals surface area (Å²) in [4.78, 5) is 2.12. The van der Waals surface area contributed by atoms with Gasteiger partial charge in [0.25, 0.3) is 0 Å². The number of halogens is 2. The van der Waals surface area contributed by atoms with Crippen molar-refractivity contribution in [3.63, 3.8) is 0 Å². The molecule has 29 heavy (non-hydrogen) atoms. The second-order valence-corrected chi connectivity index (χ2v) is 8.99. The average molecular weight is 394 g/mol. The number of likely N-dealkylation sites (N-methyl/N-ethyl adjacent to an activating group) is 1. The summed E-state index contributed by atoms with van der Waals surface area (Å²) in [5.74, 6) is -0.422. The van der Waals surface area contributed by atoms with Crippen LogP contribution in [0, 0.1) is 11.6 Å². The van der Waals surface area contributed by atoms with Crippen molar-refractivity contribution in [2.75, 3.05) is 19.0 Å². The predicted octanol–water partition coefficient (Wildman–Crippen LogP) is 5.84. The van der Waals surface area contributed by atoms with Crippen molar-refractivity contribution < 1.29 is 13.4 Å². The molecule has 2 aliphatic heterocycles. The molecule has 2 aromatic rings. The molecule has 0 saturated heterocycles. The van der Waals surface area contributed by atoms with Crippen LogP contribution in [0.1, 0.15) is 38.8 Å². The van der Waals surface area contributed by atoms with Crippen molar-refractivity contribution in [1.82, 2.24) is 0 Å². The second-order valence-electron chi connectivity index (χ2n) is 8.99. The van der Waals surface area contributed by atoms with E-state index in [1.165, 1.54) is 12.1 Å². The van der Waals surface area contributed by atoms with Crippen LogP contribution in [0.4, 0.5) is 20.2 Å². The van der Waals surface area contributed by atoms with E-state index in [0.717, 1.165) is 33.9 Å². The number of rotatable bonds is 2. The summed E-state index contributed by atoms with van der Waals surface area (Å²) < 4.78 is 29.8. The first-order chi connectivity index (χ1) is 13.5. The van der Waals surface area contributed by atoms with Gasteiger partial charge in [-0.2, -0.15) is 4.58 Å². The van der Waals surface area contributed by atoms with Crippen LogP contribution in [-0.2, 0) is 10.8 Å². The van der Waals surface area contributed by atoms with Crippen molar-refractivity contribution in [3.05, 3.63) is 83.1 Å². The highest BCUT2D eigenvalue weighted by Crippen LogP contribution is 2.47. The molecule has 4 heteroatoms. The number of hydrogen-bond acceptors (Lipinski definition) is 1. The molecule has 0 spiro atoms. The van der Waals surface area contributed by atoms with Crippen molar-refractivity contribution in [2.24, 2.45) is 0 Å². The Balaban J connectivity index is 1.71. The lowest BCUT2D eigenvalue weighted by Crippen LogP contribution is -2.26. The lowest BCUT2D eigenvalue weighted by atomic mass is 9.81. The lowest BCUT2D eigenvalue weighted by Gasteiger charge is -2.23. The monoisotopic (exact) mass is 393 g/mol. The molecule has 2 aromatic carbocycles. The van der Waals surface area contributed by atoms with E-state index < -0.39 is 0 Å². The Kier molecular flexibility index (Phi) is 4.30. The van der Waals surface area contributed by atoms with Gasteiger partial charge < -0.3 is 4.90 Å². The predicted molar refractivity (Wildman–Crippen MR) is 115 cm³/mol. The Hall–Kier alpha value is -2.75. The Morgan fingerprint density at radius 3 is 2.21 bits per heavy atom. The highest BCUT2D eigenvalue weighted by Gasteiger charge is 2.43. The summed E-state index contributed by atoms with van der Waals surface area (Å²) in [5.41, 5.74) is 5.69. The van der Waals surface area contributed by atoms with Crippen molar-refractivity contribution in [1.29, 1.82) is 0 Å². The van der Waals surface area contributed by atoms with E-state index in [-0.39, 0.29) is 22.5 Å². The molecule has 2 heterocycles. The van der Waals surface area contributed by atoms with E-state index in [1.807, 2.05) is 32.3 Å². The van der Waals surface area contributed by atoms with Gasteiger partial charge in [0.15, 0.2) is 5.71 Å². The zero-order valence-corrected chi connectivity index (χ0v) is 17.8. The van der Waals surface area contributed by atoms with Crippen LogP contribution in [0.2, 0.25) is 0 Å². The Morgan fingerprint density at radius 1 is 0.897 bits per heavy atom. The van der Waals surface area contributed by atoms with Gasteiger partial charge in [-0.25, -0.2) is 8.78 Å². The molecule has 0 aliphatic carbocycles. The van der Waals surface area contributed by atoms with E-state index >= 15 is 0 Å². The molecule has 0 bridgehead atoms. The molecule has 0 atom stereocenters. The average Bonchev–Trinajstić information content (AvgIpc) is 2.95. The number of hydrogen-bond donors (Lipinski definition) is 0. The van der Waals surface area contributed by atoms with E-state index in [2.05, 4.69) is 49.3 Å². The highest BCUT2D eigenvalue weighted by molar-refractivity contribution is 6.03. The number of anilines is 1. The van der Waals surface area contributed by atoms with Gasteiger partial charge in [-0.15, -0.1) is 0 Å². The molecule has 0 N–H and O–H groups in total. The van der Waals surface area contributed by atoms with Gasteiger partial charge in [-0.3, -0.25) is 0 Å². The summed E-state index contributed by atoms with van der Waals surface area (Å²) in [6.07, 6.45) is 6.24. The normalized spacial score (nSPS) is 20.7. The molecular formula is C25H27F2N2+. The molecular weight excluding hydrogens is 366 g/mol. The molecule has 4 rings (SSSR count). The summed E-state index contributed by atoms with van der Waals surface area (Å²) in [6.45, 7) is 8.47. The smallest absolute Gasteiger partial charge is 0.209 e. The largest absolute Gasteiger partial charge is 0.347 e. The molecule has 150 valence electrons. The SMILES string of the molecule is CN1/C(=C/C=C/C2=[N+](C)c3ccc(F)cc3C2(C)C)C(C)(C)c2cc(F)ccc21. The van der Waals surface area contributed by atoms with Crippen LogP contribution in [0.5, 0.6) is 0 Å². The Labute approximate surface area is 171 Å². The molecule has 2 nitrogen and oxygen atoms in total. The third kappa shape index (κ3) is 2.85. The molecule has 0 aromatic heterocycles. The minimum Gasteiger partial charge on any atom is -0.347 e. The molecule has 0 amide bonds. The van der Waals surface area contributed by atoms with Crippen LogP contribution < -0.4 is 4.90 Å². The molecule has 0 radical (unpaired) electrons. The highest BCUT2D eigenvalue weighted by atomic mass is 19.1. The standard InChI is InChI=1S/C25H27F2N2/c1-24(2)18-14-16(26)10-12-20(18)28(5)22(24)8-7-9-23-25(3,4)19-15-17(27)11-13-21(19)29(23)6/h7-15H,1-6H3/q+1. The Morgan fingerprint density at radius 2 is 1.52 bits per heavy atom. The molecule has 2 aliphatic rings. The number of benzene rings is 2. The minimum atomic E-state index is -0.287. The summed E-state index contributed by atoms with van der Waals surface area (Å²) in [7, 11) is 4.03. The van der Waals surface area contributed by atoms with Gasteiger partial charge in [-0.1, -0.05) is 19.9 Å². The fourth-order valence-corrected chi connectivity index (χ4v) is 4.85. The van der Waals surface area contributed by atoms with Crippen molar-refractivity contribution >= 4 is 17.1 Å². The Bertz CT molecular complexity index is 1100. The van der Waals surface area contributed by atoms with Crippen molar-refractivity contribution in [2.45, 2.75) is 38.5 Å². The summed E-state index contributed by atoms with van der Waals surface area (Å²) in [5, 5.41) is 0. The van der Waals surface area contributed by atoms with Gasteiger partial charge in [0, 0.05) is 41.6 Å². The maximum atomic E-state index is 13.8. The summed E-state index contributed by atoms with van der Waals surface area (Å²) in [6, 6.07) is 9.95. The maximum Gasteiger partial charge on any atom is 0.209 e. The molecule has 0 unspecified atom stereocenters. The number of nitrogens with zero attached hydrogens (tertiary/aromatic N) is 2. The fraction of sp³-hybridized carbons (Fsp3) is 0.320. The van der Waals surface area contributed by atoms with Crippen LogP contribution in [0.3, 0.4) is 0 Å². The van der Waals surface area contributed by atoms with Gasteiger partial charge >= 0.3 is 0 Å². The van der Waals surface area contributed by atoms with E-state index in [1.54, 1.807) is 12.1 Å². The fourth-order valence-electron chi connectivity index (χ4n) is 4.85. The zero-order valence-electron chi connectivity index (χ0n) is 17.8.